The van der Waals surface area contributed by atoms with Gasteiger partial charge in [0.05, 0.1) is 19.8 Å². The summed E-state index contributed by atoms with van der Waals surface area (Å²) in [7, 11) is 11.5. The molecule has 2 rings (SSSR count). The van der Waals surface area contributed by atoms with Gasteiger partial charge >= 0.3 is 0 Å². The Morgan fingerprint density at radius 2 is 0.926 bits per heavy atom. The second kappa shape index (κ2) is 37.8. The molecule has 1 aromatic carbocycles. The summed E-state index contributed by atoms with van der Waals surface area (Å²) in [5, 5.41) is 20.5. The first-order valence-electron chi connectivity index (χ1n) is 33.6. The molecule has 0 spiro atoms. The van der Waals surface area contributed by atoms with E-state index < -0.39 is 156 Å². The van der Waals surface area contributed by atoms with Gasteiger partial charge in [-0.1, -0.05) is 121 Å². The molecule has 0 aliphatic carbocycles. The molecule has 24 heteroatoms. The van der Waals surface area contributed by atoms with Gasteiger partial charge in [-0.2, -0.15) is 0 Å². The monoisotopic (exact) mass is 1320 g/mol. The number of ether oxygens (including phenoxy) is 1. The van der Waals surface area contributed by atoms with Crippen molar-refractivity contribution < 1.29 is 62.6 Å². The van der Waals surface area contributed by atoms with Crippen LogP contribution in [0.2, 0.25) is 0 Å². The quantitative estimate of drug-likeness (QED) is 0.138. The Bertz CT molecular complexity index is 2750. The van der Waals surface area contributed by atoms with E-state index in [0.717, 1.165) is 9.80 Å². The van der Waals surface area contributed by atoms with Gasteiger partial charge in [-0.25, -0.2) is 0 Å². The number of benzene rings is 1. The van der Waals surface area contributed by atoms with E-state index in [9.17, 15) is 33.9 Å². The average Bonchev–Trinajstić information content (AvgIpc) is 0.808. The van der Waals surface area contributed by atoms with E-state index in [1.807, 2.05) is 61.5 Å². The van der Waals surface area contributed by atoms with Crippen LogP contribution in [0.15, 0.2) is 36.4 Å². The van der Waals surface area contributed by atoms with Crippen molar-refractivity contribution in [2.45, 2.75) is 229 Å². The number of aliphatic hydroxyl groups excluding tert-OH is 1. The topological polar surface area (TPSA) is 279 Å². The zero-order chi connectivity index (χ0) is 72.2. The minimum absolute atomic E-state index is 0.00541. The normalized spacial score (nSPS) is 25.5. The minimum atomic E-state index is -1.63. The van der Waals surface area contributed by atoms with Crippen LogP contribution in [0.4, 0.5) is 0 Å². The highest BCUT2D eigenvalue weighted by Gasteiger charge is 2.47. The predicted molar refractivity (Wildman–Crippen MR) is 364 cm³/mol. The number of amides is 11. The molecule has 0 aromatic heterocycles. The third-order valence-electron chi connectivity index (χ3n) is 17.8. The molecule has 4 N–H and O–H groups in total. The molecular formula is C70H119N11O13. The van der Waals surface area contributed by atoms with Crippen molar-refractivity contribution in [3.05, 3.63) is 42.0 Å². The van der Waals surface area contributed by atoms with Crippen LogP contribution in [0.5, 0.6) is 5.75 Å². The fourth-order valence-corrected chi connectivity index (χ4v) is 12.1. The van der Waals surface area contributed by atoms with Crippen LogP contribution in [0.1, 0.15) is 162 Å². The highest BCUT2D eigenvalue weighted by atomic mass is 16.5. The molecule has 1 fully saturated rings. The number of hydrogen-bond acceptors (Lipinski definition) is 13. The van der Waals surface area contributed by atoms with Crippen molar-refractivity contribution in [1.29, 1.82) is 0 Å². The summed E-state index contributed by atoms with van der Waals surface area (Å²) in [5.74, 6) is -9.39. The van der Waals surface area contributed by atoms with E-state index in [0.29, 0.717) is 17.7 Å². The summed E-state index contributed by atoms with van der Waals surface area (Å²) < 4.78 is 5.43. The Labute approximate surface area is 562 Å². The van der Waals surface area contributed by atoms with E-state index in [2.05, 4.69) is 16.0 Å². The van der Waals surface area contributed by atoms with Crippen LogP contribution in [-0.4, -0.2) is 239 Å². The number of hydrogen-bond donors (Lipinski definition) is 4. The molecule has 0 radical (unpaired) electrons. The maximum atomic E-state index is 15.7. The summed E-state index contributed by atoms with van der Waals surface area (Å²) in [5.41, 5.74) is 0.615. The lowest BCUT2D eigenvalue weighted by atomic mass is 9.91. The third kappa shape index (κ3) is 22.5. The van der Waals surface area contributed by atoms with Crippen LogP contribution in [0.3, 0.4) is 0 Å². The maximum Gasteiger partial charge on any atom is 0.246 e. The van der Waals surface area contributed by atoms with Gasteiger partial charge in [0, 0.05) is 55.9 Å². The fourth-order valence-electron chi connectivity index (χ4n) is 12.1. The molecule has 1 saturated heterocycles. The molecule has 0 unspecified atom stereocenters. The number of likely N-dealkylation sites (N-methyl/N-ethyl adjacent to an activating group) is 7. The Kier molecular flexibility index (Phi) is 33.4. The molecule has 11 amide bonds. The van der Waals surface area contributed by atoms with Crippen LogP contribution in [-0.2, 0) is 59.3 Å². The molecule has 0 saturated carbocycles. The van der Waals surface area contributed by atoms with Crippen molar-refractivity contribution in [2.24, 2.45) is 41.4 Å². The van der Waals surface area contributed by atoms with Crippen molar-refractivity contribution in [2.75, 3.05) is 63.0 Å². The number of nitrogens with one attached hydrogen (secondary N) is 3. The van der Waals surface area contributed by atoms with Crippen molar-refractivity contribution in [3.8, 4) is 5.75 Å². The summed E-state index contributed by atoms with van der Waals surface area (Å²) >= 11 is 0. The molecule has 12 atom stereocenters. The van der Waals surface area contributed by atoms with Gasteiger partial charge in [0.15, 0.2) is 0 Å². The van der Waals surface area contributed by atoms with Gasteiger partial charge < -0.3 is 65.0 Å². The lowest BCUT2D eigenvalue weighted by Gasteiger charge is -2.41. The van der Waals surface area contributed by atoms with E-state index in [1.165, 1.54) is 99.7 Å². The number of nitrogens with zero attached hydrogens (tertiary/aromatic N) is 8. The highest BCUT2D eigenvalue weighted by Crippen LogP contribution is 2.28. The van der Waals surface area contributed by atoms with E-state index >= 15 is 24.0 Å². The lowest BCUT2D eigenvalue weighted by molar-refractivity contribution is -0.157. The number of allylic oxidation sites excluding steroid dienone is 2. The zero-order valence-corrected chi connectivity index (χ0v) is 61.4. The Balaban J connectivity index is 3.13. The molecule has 24 nitrogen and oxygen atoms in total. The number of rotatable bonds is 18. The fraction of sp³-hybridized carbons (Fsp3) is 0.729. The summed E-state index contributed by atoms with van der Waals surface area (Å²) in [6.07, 6.45) is 2.92. The van der Waals surface area contributed by atoms with Crippen LogP contribution in [0, 0.1) is 41.4 Å². The average molecular weight is 1320 g/mol. The molecule has 1 heterocycles. The lowest BCUT2D eigenvalue weighted by Crippen LogP contribution is -2.63. The van der Waals surface area contributed by atoms with E-state index in [1.54, 1.807) is 78.8 Å². The number of carbonyl (C=O) groups is 11. The summed E-state index contributed by atoms with van der Waals surface area (Å²) in [6.45, 7) is 29.4. The molecular weight excluding hydrogens is 1200 g/mol. The largest absolute Gasteiger partial charge is 0.497 e. The van der Waals surface area contributed by atoms with Crippen LogP contribution >= 0.6 is 0 Å². The van der Waals surface area contributed by atoms with Crippen molar-refractivity contribution in [3.63, 3.8) is 0 Å². The van der Waals surface area contributed by atoms with Gasteiger partial charge in [-0.3, -0.25) is 52.7 Å². The van der Waals surface area contributed by atoms with Crippen molar-refractivity contribution >= 4 is 65.0 Å². The predicted octanol–water partition coefficient (Wildman–Crippen LogP) is 5.19. The zero-order valence-electron chi connectivity index (χ0n) is 61.4. The van der Waals surface area contributed by atoms with Gasteiger partial charge in [-0.05, 0) is 118 Å². The molecule has 532 valence electrons. The van der Waals surface area contributed by atoms with Gasteiger partial charge in [0.2, 0.25) is 65.0 Å². The first-order valence-corrected chi connectivity index (χ1v) is 33.6. The minimum Gasteiger partial charge on any atom is -0.497 e. The number of methoxy groups -OCH3 is 1. The van der Waals surface area contributed by atoms with E-state index in [-0.39, 0.29) is 62.3 Å². The smallest absolute Gasteiger partial charge is 0.246 e. The second-order valence-electron chi connectivity index (χ2n) is 28.4. The number of aliphatic hydroxyl groups is 1. The first-order chi connectivity index (χ1) is 43.6. The Hall–Kier alpha value is -7.11. The highest BCUT2D eigenvalue weighted by molar-refractivity contribution is 5.99. The molecule has 1 aliphatic rings. The van der Waals surface area contributed by atoms with Gasteiger partial charge in [0.1, 0.15) is 66.2 Å². The van der Waals surface area contributed by atoms with Gasteiger partial charge in [-0.15, -0.1) is 0 Å². The number of carbonyl (C=O) groups excluding carboxylic acids is 11. The maximum absolute atomic E-state index is 15.7. The van der Waals surface area contributed by atoms with Crippen LogP contribution in [0.25, 0.3) is 0 Å². The molecule has 1 aromatic rings. The van der Waals surface area contributed by atoms with Crippen molar-refractivity contribution in [1.82, 2.24) is 55.1 Å². The van der Waals surface area contributed by atoms with Gasteiger partial charge in [0.25, 0.3) is 0 Å². The summed E-state index contributed by atoms with van der Waals surface area (Å²) in [6, 6.07) is -5.71. The Morgan fingerprint density at radius 3 is 1.38 bits per heavy atom. The second-order valence-corrected chi connectivity index (χ2v) is 28.4. The van der Waals surface area contributed by atoms with Crippen LogP contribution < -0.4 is 20.7 Å². The molecule has 94 heavy (non-hydrogen) atoms. The SMILES string of the molecule is C/C=C/C[C@@H](C)[C@@H](O)[C@H]1C(=O)N[C@@H](CC)C(=O)N(C)CC(=O)N(C)[C@@H](CC(C)C)C(=O)N(Cc2ccc(OC)cc2)[C@@H](C(C)C)C(=O)N(C)[C@@H](CC(C)C)C(=O)N[C@@H](C)C(=O)N[C@H](C)C(=O)N(C)[C@@H](CC(C)C)C(=O)N(C)[C@@H](CC(C)C)C(=O)N(C)[C@@H](C(C)C)C(=O)N1C. The first kappa shape index (κ1) is 83.0. The standard InChI is InChI=1S/C70H119N11O13/c1-26-28-29-46(15)60(83)59-63(86)73-51(27-2)65(88)74(18)39-56(82)75(19)55(37-43(9)10)68(91)81(38-49-30-32-50(94-25)33-31-49)58(45(13)14)70(93)76(20)52(34-40(3)4)62(85)71-47(16)61(84)72-48(17)64(87)77(21)53(35-41(5)6)66(89)78(22)54(36-42(7)8)67(90)79(23)57(44(11)12)69(92)80(59)24/h26,28,30-33,40-48,51-55,57-60,83H,27,29,34-39H2,1-25H3,(H,71,85)(H,72,84)(H,73,86)/b28-26+/t46-,47+,48-,51+,52+,53+,54+,55+,57+,58+,59+,60-/m1/s1. The third-order valence-corrected chi connectivity index (χ3v) is 17.8. The summed E-state index contributed by atoms with van der Waals surface area (Å²) in [4.78, 5) is 174. The molecule has 1 aliphatic heterocycles. The molecule has 0 bridgehead atoms. The Morgan fingerprint density at radius 1 is 0.500 bits per heavy atom. The van der Waals surface area contributed by atoms with E-state index in [4.69, 9.17) is 4.74 Å².